The second-order valence-corrected chi connectivity index (χ2v) is 5.75. The van der Waals surface area contributed by atoms with E-state index in [0.717, 1.165) is 29.9 Å². The Morgan fingerprint density at radius 1 is 1.19 bits per heavy atom. The van der Waals surface area contributed by atoms with Gasteiger partial charge in [-0.2, -0.15) is 5.10 Å². The molecule has 3 rings (SSSR count). The molecule has 1 N–H and O–H groups in total. The standard InChI is InChI=1S/C17H21N3O/c1-12-16(17(21)18-14-8-6-7-9-14)13(2)20(19-12)15-10-4-3-5-11-15/h3-5,10-11,14H,6-9H2,1-2H3,(H,18,21). The Balaban J connectivity index is 1.89. The summed E-state index contributed by atoms with van der Waals surface area (Å²) in [5.41, 5.74) is 3.38. The molecule has 1 amide bonds. The number of hydrogen-bond donors (Lipinski definition) is 1. The molecule has 0 radical (unpaired) electrons. The topological polar surface area (TPSA) is 46.9 Å². The fourth-order valence-corrected chi connectivity index (χ4v) is 3.12. The van der Waals surface area contributed by atoms with Gasteiger partial charge in [-0.05, 0) is 38.8 Å². The van der Waals surface area contributed by atoms with E-state index in [0.29, 0.717) is 11.6 Å². The van der Waals surface area contributed by atoms with Crippen LogP contribution in [0.1, 0.15) is 47.4 Å². The van der Waals surface area contributed by atoms with Crippen LogP contribution in [0.15, 0.2) is 30.3 Å². The number of rotatable bonds is 3. The second kappa shape index (κ2) is 5.72. The number of hydrogen-bond acceptors (Lipinski definition) is 2. The summed E-state index contributed by atoms with van der Waals surface area (Å²) in [4.78, 5) is 12.5. The van der Waals surface area contributed by atoms with E-state index in [1.165, 1.54) is 12.8 Å². The van der Waals surface area contributed by atoms with Crippen LogP contribution in [0, 0.1) is 13.8 Å². The summed E-state index contributed by atoms with van der Waals surface area (Å²) < 4.78 is 1.85. The summed E-state index contributed by atoms with van der Waals surface area (Å²) >= 11 is 0. The van der Waals surface area contributed by atoms with E-state index in [2.05, 4.69) is 10.4 Å². The predicted molar refractivity (Wildman–Crippen MR) is 82.8 cm³/mol. The Bertz CT molecular complexity index is 640. The van der Waals surface area contributed by atoms with Crippen molar-refractivity contribution in [2.45, 2.75) is 45.6 Å². The van der Waals surface area contributed by atoms with Crippen LogP contribution in [-0.2, 0) is 0 Å². The van der Waals surface area contributed by atoms with Crippen LogP contribution >= 0.6 is 0 Å². The normalized spacial score (nSPS) is 15.3. The number of carbonyl (C=O) groups excluding carboxylic acids is 1. The first-order valence-corrected chi connectivity index (χ1v) is 7.59. The SMILES string of the molecule is Cc1nn(-c2ccccc2)c(C)c1C(=O)NC1CCCC1. The minimum absolute atomic E-state index is 0.0130. The molecule has 0 saturated heterocycles. The Labute approximate surface area is 125 Å². The zero-order valence-electron chi connectivity index (χ0n) is 12.6. The molecule has 1 aromatic heterocycles. The molecule has 1 heterocycles. The molecule has 0 atom stereocenters. The number of aryl methyl sites for hydroxylation is 1. The minimum Gasteiger partial charge on any atom is -0.349 e. The molecular weight excluding hydrogens is 262 g/mol. The lowest BCUT2D eigenvalue weighted by molar-refractivity contribution is 0.0936. The summed E-state index contributed by atoms with van der Waals surface area (Å²) in [6.07, 6.45) is 4.62. The third-order valence-corrected chi connectivity index (χ3v) is 4.21. The number of benzene rings is 1. The molecule has 4 heteroatoms. The zero-order valence-corrected chi connectivity index (χ0v) is 12.6. The summed E-state index contributed by atoms with van der Waals surface area (Å²) in [6, 6.07) is 10.3. The van der Waals surface area contributed by atoms with Crippen molar-refractivity contribution in [3.63, 3.8) is 0 Å². The molecule has 0 spiro atoms. The van der Waals surface area contributed by atoms with Crippen LogP contribution < -0.4 is 5.32 Å². The highest BCUT2D eigenvalue weighted by Gasteiger charge is 2.23. The summed E-state index contributed by atoms with van der Waals surface area (Å²) in [5.74, 6) is 0.0130. The second-order valence-electron chi connectivity index (χ2n) is 5.75. The van der Waals surface area contributed by atoms with Crippen molar-refractivity contribution < 1.29 is 4.79 Å². The lowest BCUT2D eigenvalue weighted by Gasteiger charge is -2.12. The molecule has 110 valence electrons. The van der Waals surface area contributed by atoms with E-state index < -0.39 is 0 Å². The Hall–Kier alpha value is -2.10. The largest absolute Gasteiger partial charge is 0.349 e. The maximum absolute atomic E-state index is 12.5. The van der Waals surface area contributed by atoms with Gasteiger partial charge in [0.05, 0.1) is 22.6 Å². The third-order valence-electron chi connectivity index (χ3n) is 4.21. The highest BCUT2D eigenvalue weighted by molar-refractivity contribution is 5.96. The molecule has 1 aliphatic rings. The lowest BCUT2D eigenvalue weighted by atomic mass is 10.1. The van der Waals surface area contributed by atoms with Gasteiger partial charge in [0.15, 0.2) is 0 Å². The van der Waals surface area contributed by atoms with Crippen molar-refractivity contribution in [3.8, 4) is 5.69 Å². The van der Waals surface area contributed by atoms with E-state index in [1.807, 2.05) is 48.9 Å². The van der Waals surface area contributed by atoms with Gasteiger partial charge in [-0.15, -0.1) is 0 Å². The lowest BCUT2D eigenvalue weighted by Crippen LogP contribution is -2.33. The molecular formula is C17H21N3O. The van der Waals surface area contributed by atoms with Crippen molar-refractivity contribution in [2.24, 2.45) is 0 Å². The van der Waals surface area contributed by atoms with E-state index in [4.69, 9.17) is 0 Å². The van der Waals surface area contributed by atoms with Crippen LogP contribution in [0.3, 0.4) is 0 Å². The van der Waals surface area contributed by atoms with Gasteiger partial charge in [0.2, 0.25) is 0 Å². The number of nitrogens with zero attached hydrogens (tertiary/aromatic N) is 2. The minimum atomic E-state index is 0.0130. The molecule has 21 heavy (non-hydrogen) atoms. The quantitative estimate of drug-likeness (QED) is 0.940. The molecule has 4 nitrogen and oxygen atoms in total. The van der Waals surface area contributed by atoms with Gasteiger partial charge in [-0.3, -0.25) is 4.79 Å². The van der Waals surface area contributed by atoms with Gasteiger partial charge < -0.3 is 5.32 Å². The maximum Gasteiger partial charge on any atom is 0.255 e. The van der Waals surface area contributed by atoms with Crippen molar-refractivity contribution in [1.82, 2.24) is 15.1 Å². The van der Waals surface area contributed by atoms with Crippen molar-refractivity contribution in [1.29, 1.82) is 0 Å². The summed E-state index contributed by atoms with van der Waals surface area (Å²) in [5, 5.41) is 7.68. The molecule has 0 unspecified atom stereocenters. The Morgan fingerprint density at radius 2 is 1.86 bits per heavy atom. The number of nitrogens with one attached hydrogen (secondary N) is 1. The summed E-state index contributed by atoms with van der Waals surface area (Å²) in [6.45, 7) is 3.85. The highest BCUT2D eigenvalue weighted by Crippen LogP contribution is 2.21. The first kappa shape index (κ1) is 13.9. The molecule has 1 aliphatic carbocycles. The monoisotopic (exact) mass is 283 g/mol. The molecule has 2 aromatic rings. The average Bonchev–Trinajstić information content (AvgIpc) is 3.08. The van der Waals surface area contributed by atoms with E-state index >= 15 is 0 Å². The first-order chi connectivity index (χ1) is 10.2. The number of aromatic nitrogens is 2. The molecule has 1 aromatic carbocycles. The van der Waals surface area contributed by atoms with E-state index in [-0.39, 0.29) is 5.91 Å². The molecule has 0 bridgehead atoms. The third kappa shape index (κ3) is 2.71. The smallest absolute Gasteiger partial charge is 0.255 e. The number of amides is 1. The van der Waals surface area contributed by atoms with Gasteiger partial charge in [0.25, 0.3) is 5.91 Å². The van der Waals surface area contributed by atoms with E-state index in [9.17, 15) is 4.79 Å². The van der Waals surface area contributed by atoms with Crippen LogP contribution in [0.25, 0.3) is 5.69 Å². The highest BCUT2D eigenvalue weighted by atomic mass is 16.1. The van der Waals surface area contributed by atoms with Gasteiger partial charge in [-0.25, -0.2) is 4.68 Å². The maximum atomic E-state index is 12.5. The van der Waals surface area contributed by atoms with Gasteiger partial charge in [0, 0.05) is 6.04 Å². The average molecular weight is 283 g/mol. The van der Waals surface area contributed by atoms with Crippen molar-refractivity contribution in [2.75, 3.05) is 0 Å². The van der Waals surface area contributed by atoms with Crippen LogP contribution in [0.2, 0.25) is 0 Å². The van der Waals surface area contributed by atoms with Gasteiger partial charge in [-0.1, -0.05) is 31.0 Å². The Kier molecular flexibility index (Phi) is 3.78. The van der Waals surface area contributed by atoms with Crippen molar-refractivity contribution >= 4 is 5.91 Å². The molecule has 1 fully saturated rings. The predicted octanol–water partition coefficient (Wildman–Crippen LogP) is 3.16. The van der Waals surface area contributed by atoms with Gasteiger partial charge >= 0.3 is 0 Å². The number of carbonyl (C=O) groups is 1. The fraction of sp³-hybridized carbons (Fsp3) is 0.412. The van der Waals surface area contributed by atoms with Gasteiger partial charge in [0.1, 0.15) is 0 Å². The van der Waals surface area contributed by atoms with Crippen LogP contribution in [0.5, 0.6) is 0 Å². The number of para-hydroxylation sites is 1. The molecule has 0 aliphatic heterocycles. The van der Waals surface area contributed by atoms with Crippen LogP contribution in [0.4, 0.5) is 0 Å². The van der Waals surface area contributed by atoms with Crippen LogP contribution in [-0.4, -0.2) is 21.7 Å². The zero-order chi connectivity index (χ0) is 14.8. The summed E-state index contributed by atoms with van der Waals surface area (Å²) in [7, 11) is 0. The Morgan fingerprint density at radius 3 is 2.52 bits per heavy atom. The first-order valence-electron chi connectivity index (χ1n) is 7.59. The van der Waals surface area contributed by atoms with E-state index in [1.54, 1.807) is 0 Å². The van der Waals surface area contributed by atoms with Crippen molar-refractivity contribution in [3.05, 3.63) is 47.3 Å². The molecule has 1 saturated carbocycles. The fourth-order valence-electron chi connectivity index (χ4n) is 3.12.